The molecule has 2 aromatic heterocycles. The lowest BCUT2D eigenvalue weighted by molar-refractivity contribution is 0.488. The molecule has 0 amide bonds. The van der Waals surface area contributed by atoms with Crippen LogP contribution >= 0.6 is 0 Å². The number of hydrogen-bond acceptors (Lipinski definition) is 4. The summed E-state index contributed by atoms with van der Waals surface area (Å²) in [6, 6.07) is 111. The van der Waals surface area contributed by atoms with Gasteiger partial charge in [-0.3, -0.25) is 0 Å². The van der Waals surface area contributed by atoms with Crippen molar-refractivity contribution in [1.82, 2.24) is 9.13 Å². The summed E-state index contributed by atoms with van der Waals surface area (Å²) >= 11 is 0. The lowest BCUT2D eigenvalue weighted by atomic mass is 9.34. The van der Waals surface area contributed by atoms with Gasteiger partial charge in [0.05, 0.1) is 39.1 Å². The molecule has 0 saturated carbocycles. The van der Waals surface area contributed by atoms with Gasteiger partial charge >= 0.3 is 0 Å². The van der Waals surface area contributed by atoms with Gasteiger partial charge in [-0.1, -0.05) is 182 Å². The molecule has 2 aliphatic rings. The lowest BCUT2D eigenvalue weighted by Crippen LogP contribution is -2.59. The van der Waals surface area contributed by atoms with Crippen LogP contribution in [0.25, 0.3) is 76.5 Å². The van der Waals surface area contributed by atoms with Crippen LogP contribution in [0.5, 0.6) is 11.5 Å². The van der Waals surface area contributed by atoms with Crippen LogP contribution in [-0.2, 0) is 0 Å². The minimum absolute atomic E-state index is 0.225. The van der Waals surface area contributed by atoms with Crippen LogP contribution in [-0.4, -0.2) is 15.8 Å². The number of benzene rings is 14. The van der Waals surface area contributed by atoms with Crippen LogP contribution in [0, 0.1) is 13.8 Å². The van der Waals surface area contributed by atoms with E-state index in [1.807, 2.05) is 0 Å². The topological polar surface area (TPSA) is 28.8 Å². The van der Waals surface area contributed by atoms with Gasteiger partial charge in [0, 0.05) is 77.8 Å². The Hall–Kier alpha value is -11.5. The molecule has 89 heavy (non-hydrogen) atoms. The van der Waals surface area contributed by atoms with Crippen LogP contribution < -0.4 is 35.8 Å². The van der Waals surface area contributed by atoms with Crippen molar-refractivity contribution in [3.8, 4) is 22.9 Å². The second kappa shape index (κ2) is 20.0. The van der Waals surface area contributed by atoms with Crippen molar-refractivity contribution in [2.45, 2.75) is 13.8 Å². The Bertz CT molecular complexity index is 5400. The van der Waals surface area contributed by atoms with Gasteiger partial charge in [0.25, 0.3) is 6.71 Å². The number of ether oxygens (including phenoxy) is 1. The molecule has 18 rings (SSSR count). The van der Waals surface area contributed by atoms with E-state index in [-0.39, 0.29) is 6.71 Å². The van der Waals surface area contributed by atoms with E-state index in [1.165, 1.54) is 54.6 Å². The smallest absolute Gasteiger partial charge is 0.256 e. The Balaban J connectivity index is 0.959. The Kier molecular flexibility index (Phi) is 11.4. The highest BCUT2D eigenvalue weighted by molar-refractivity contribution is 6.99. The standard InChI is InChI=1S/C82H56BN5O/c1-53-27-25-28-54(2)82(53)88-69-45-26-46-77-81(69)83(67-49-70-65(47-74(67)88)79-63-43-23-21-41-61(63)72(51-75(79)86(70)59-37-17-7-18-38-59)84(55-29-9-3-10-30-55)56-31-11-4-12-32-56)68-50-71-66(48-78(68)89-77)80-64-44-24-22-42-62(64)73(52-76(80)87(71)60-39-19-8-20-40-60)85(57-33-13-5-14-34-57)58-35-15-6-16-36-58/h3-52H,1-2H3. The van der Waals surface area contributed by atoms with E-state index in [1.54, 1.807) is 0 Å². The zero-order valence-electron chi connectivity index (χ0n) is 49.1. The number of para-hydroxylation sites is 7. The van der Waals surface area contributed by atoms with Crippen LogP contribution in [0.2, 0.25) is 0 Å². The molecule has 0 N–H and O–H groups in total. The molecule has 0 spiro atoms. The Morgan fingerprint density at radius 2 is 0.719 bits per heavy atom. The predicted molar refractivity (Wildman–Crippen MR) is 375 cm³/mol. The molecule has 2 aliphatic heterocycles. The average Bonchev–Trinajstić information content (AvgIpc) is 1.68. The highest BCUT2D eigenvalue weighted by Gasteiger charge is 2.44. The fourth-order valence-electron chi connectivity index (χ4n) is 15.0. The first-order chi connectivity index (χ1) is 44.0. The molecule has 0 atom stereocenters. The quantitative estimate of drug-likeness (QED) is 0.135. The zero-order chi connectivity index (χ0) is 58.8. The third-order valence-corrected chi connectivity index (χ3v) is 18.7. The molecule has 0 fully saturated rings. The number of aryl methyl sites for hydroxylation is 2. The molecule has 4 heterocycles. The zero-order valence-corrected chi connectivity index (χ0v) is 49.1. The van der Waals surface area contributed by atoms with Crippen LogP contribution in [0.15, 0.2) is 303 Å². The van der Waals surface area contributed by atoms with Crippen LogP contribution in [0.3, 0.4) is 0 Å². The summed E-state index contributed by atoms with van der Waals surface area (Å²) in [7, 11) is 0. The Morgan fingerprint density at radius 3 is 1.19 bits per heavy atom. The van der Waals surface area contributed by atoms with Crippen molar-refractivity contribution in [3.05, 3.63) is 314 Å². The maximum atomic E-state index is 7.48. The van der Waals surface area contributed by atoms with E-state index in [0.717, 1.165) is 112 Å². The van der Waals surface area contributed by atoms with Crippen molar-refractivity contribution in [2.75, 3.05) is 14.7 Å². The van der Waals surface area contributed by atoms with Crippen molar-refractivity contribution in [2.24, 2.45) is 0 Å². The molecule has 6 nitrogen and oxygen atoms in total. The average molecular weight is 1140 g/mol. The molecule has 0 bridgehead atoms. The summed E-state index contributed by atoms with van der Waals surface area (Å²) < 4.78 is 12.5. The normalized spacial score (nSPS) is 12.4. The van der Waals surface area contributed by atoms with Gasteiger partial charge in [0.1, 0.15) is 11.5 Å². The fourth-order valence-corrected chi connectivity index (χ4v) is 15.0. The lowest BCUT2D eigenvalue weighted by Gasteiger charge is -2.41. The number of aromatic nitrogens is 2. The molecule has 16 aromatic rings. The molecule has 0 aliphatic carbocycles. The first kappa shape index (κ1) is 50.8. The van der Waals surface area contributed by atoms with Crippen molar-refractivity contribution in [3.63, 3.8) is 0 Å². The Morgan fingerprint density at radius 1 is 0.315 bits per heavy atom. The summed E-state index contributed by atoms with van der Waals surface area (Å²) in [5, 5.41) is 9.39. The maximum Gasteiger partial charge on any atom is 0.256 e. The van der Waals surface area contributed by atoms with E-state index >= 15 is 0 Å². The van der Waals surface area contributed by atoms with Gasteiger partial charge < -0.3 is 28.6 Å². The number of hydrogen-bond donors (Lipinski definition) is 0. The maximum absolute atomic E-state index is 7.48. The monoisotopic (exact) mass is 1140 g/mol. The Labute approximate surface area is 516 Å². The third kappa shape index (κ3) is 7.71. The largest absolute Gasteiger partial charge is 0.458 e. The van der Waals surface area contributed by atoms with Gasteiger partial charge in [-0.05, 0) is 173 Å². The molecule has 0 saturated heterocycles. The van der Waals surface area contributed by atoms with Crippen LogP contribution in [0.1, 0.15) is 11.1 Å². The van der Waals surface area contributed by atoms with Gasteiger partial charge in [0.15, 0.2) is 0 Å². The number of fused-ring (bicyclic) bond motifs is 14. The van der Waals surface area contributed by atoms with E-state index in [9.17, 15) is 0 Å². The summed E-state index contributed by atoms with van der Waals surface area (Å²) in [5.74, 6) is 1.72. The highest BCUT2D eigenvalue weighted by Crippen LogP contribution is 2.51. The predicted octanol–water partition coefficient (Wildman–Crippen LogP) is 20.1. The molecular formula is C82H56BN5O. The van der Waals surface area contributed by atoms with Crippen LogP contribution in [0.4, 0.5) is 51.2 Å². The number of nitrogens with zero attached hydrogens (tertiary/aromatic N) is 5. The summed E-state index contributed by atoms with van der Waals surface area (Å²) in [5.41, 5.74) is 22.5. The minimum atomic E-state index is -0.225. The molecule has 0 unspecified atom stereocenters. The third-order valence-electron chi connectivity index (χ3n) is 18.7. The molecule has 14 aromatic carbocycles. The van der Waals surface area contributed by atoms with Crippen molar-refractivity contribution >= 4 is 139 Å². The summed E-state index contributed by atoms with van der Waals surface area (Å²) in [6.07, 6.45) is 0. The van der Waals surface area contributed by atoms with Crippen molar-refractivity contribution in [1.29, 1.82) is 0 Å². The summed E-state index contributed by atoms with van der Waals surface area (Å²) in [4.78, 5) is 7.38. The molecular weight excluding hydrogens is 1080 g/mol. The number of rotatable bonds is 9. The van der Waals surface area contributed by atoms with Gasteiger partial charge in [-0.25, -0.2) is 0 Å². The molecule has 0 radical (unpaired) electrons. The second-order valence-corrected chi connectivity index (χ2v) is 23.7. The van der Waals surface area contributed by atoms with Crippen molar-refractivity contribution < 1.29 is 4.74 Å². The van der Waals surface area contributed by atoms with E-state index in [0.29, 0.717) is 0 Å². The van der Waals surface area contributed by atoms with E-state index < -0.39 is 0 Å². The fraction of sp³-hybridized carbons (Fsp3) is 0.0244. The van der Waals surface area contributed by atoms with E-state index in [2.05, 4.69) is 341 Å². The second-order valence-electron chi connectivity index (χ2n) is 23.7. The number of anilines is 9. The van der Waals surface area contributed by atoms with Gasteiger partial charge in [-0.2, -0.15) is 0 Å². The summed E-state index contributed by atoms with van der Waals surface area (Å²) in [6.45, 7) is 4.28. The first-order valence-electron chi connectivity index (χ1n) is 30.7. The minimum Gasteiger partial charge on any atom is -0.458 e. The SMILES string of the molecule is Cc1cccc(C)c1N1c2cc3c4c5ccccc5c(N(c5ccccc5)c5ccccc5)cc4n(-c4ccccc4)c3cc2B2c3cc4c(cc3Oc3cccc1c32)c1c2ccccc2c(N(c2ccccc2)c2ccccc2)cc1n4-c1ccccc1. The highest BCUT2D eigenvalue weighted by atomic mass is 16.5. The first-order valence-corrected chi connectivity index (χ1v) is 30.7. The van der Waals surface area contributed by atoms with E-state index in [4.69, 9.17) is 4.74 Å². The van der Waals surface area contributed by atoms with Gasteiger partial charge in [-0.15, -0.1) is 0 Å². The van der Waals surface area contributed by atoms with Gasteiger partial charge in [0.2, 0.25) is 0 Å². The molecule has 7 heteroatoms. The molecule has 418 valence electrons.